The maximum Gasteiger partial charge on any atom is 0.416 e. The number of rotatable bonds is 7. The summed E-state index contributed by atoms with van der Waals surface area (Å²) in [5.74, 6) is 0.346. The molecule has 1 amide bonds. The van der Waals surface area contributed by atoms with Crippen molar-refractivity contribution < 1.29 is 32.2 Å². The van der Waals surface area contributed by atoms with E-state index < -0.39 is 29.8 Å². The monoisotopic (exact) mass is 513 g/mol. The van der Waals surface area contributed by atoms with Crippen LogP contribution in [0.2, 0.25) is 0 Å². The summed E-state index contributed by atoms with van der Waals surface area (Å²) in [5, 5.41) is 2.69. The Labute approximate surface area is 209 Å². The predicted octanol–water partition coefficient (Wildman–Crippen LogP) is 4.75. The second kappa shape index (κ2) is 10.2. The van der Waals surface area contributed by atoms with E-state index in [9.17, 15) is 22.8 Å². The van der Waals surface area contributed by atoms with Crippen LogP contribution < -0.4 is 25.1 Å². The van der Waals surface area contributed by atoms with E-state index >= 15 is 0 Å². The van der Waals surface area contributed by atoms with Crippen LogP contribution in [0.1, 0.15) is 5.56 Å². The Balaban J connectivity index is 1.81. The Hall–Kier alpha value is -4.54. The van der Waals surface area contributed by atoms with Gasteiger partial charge in [0.05, 0.1) is 37.8 Å². The number of carbonyl (C=O) groups excluding carboxylic acids is 1. The Morgan fingerprint density at radius 2 is 1.62 bits per heavy atom. The van der Waals surface area contributed by atoms with Crippen molar-refractivity contribution >= 4 is 22.5 Å². The lowest BCUT2D eigenvalue weighted by Crippen LogP contribution is -2.30. The zero-order valence-corrected chi connectivity index (χ0v) is 20.1. The molecule has 0 spiro atoms. The van der Waals surface area contributed by atoms with Gasteiger partial charge in [0.15, 0.2) is 11.5 Å². The number of nitrogens with one attached hydrogen (secondary N) is 1. The molecule has 0 unspecified atom stereocenters. The molecule has 3 aromatic carbocycles. The van der Waals surface area contributed by atoms with Gasteiger partial charge in [-0.2, -0.15) is 13.2 Å². The highest BCUT2D eigenvalue weighted by Crippen LogP contribution is 2.41. The van der Waals surface area contributed by atoms with Crippen LogP contribution in [0.5, 0.6) is 17.2 Å². The summed E-state index contributed by atoms with van der Waals surface area (Å²) in [7, 11) is 4.32. The van der Waals surface area contributed by atoms with Gasteiger partial charge in [-0.25, -0.2) is 4.98 Å². The summed E-state index contributed by atoms with van der Waals surface area (Å²) < 4.78 is 56.5. The number of fused-ring (bicyclic) bond motifs is 1. The first-order valence-corrected chi connectivity index (χ1v) is 10.9. The number of amides is 1. The first-order chi connectivity index (χ1) is 17.7. The van der Waals surface area contributed by atoms with E-state index in [1.165, 1.54) is 33.5 Å². The average molecular weight is 513 g/mol. The quantitative estimate of drug-likeness (QED) is 0.384. The number of para-hydroxylation sites is 1. The fraction of sp³-hybridized carbons (Fsp3) is 0.192. The molecule has 0 aliphatic rings. The number of hydrogen-bond donors (Lipinski definition) is 1. The summed E-state index contributed by atoms with van der Waals surface area (Å²) in [4.78, 5) is 30.9. The first-order valence-electron chi connectivity index (χ1n) is 10.9. The molecule has 1 N–H and O–H groups in total. The smallest absolute Gasteiger partial charge is 0.416 e. The topological polar surface area (TPSA) is 91.7 Å². The van der Waals surface area contributed by atoms with Gasteiger partial charge in [-0.3, -0.25) is 14.2 Å². The highest BCUT2D eigenvalue weighted by Gasteiger charge is 2.30. The van der Waals surface area contributed by atoms with Gasteiger partial charge in [0.2, 0.25) is 11.7 Å². The maximum absolute atomic E-state index is 13.4. The molecular formula is C26H22F3N3O5. The van der Waals surface area contributed by atoms with E-state index in [0.29, 0.717) is 28.3 Å². The molecule has 0 fully saturated rings. The highest BCUT2D eigenvalue weighted by atomic mass is 19.4. The van der Waals surface area contributed by atoms with E-state index in [1.54, 1.807) is 36.4 Å². The van der Waals surface area contributed by atoms with Gasteiger partial charge in [-0.1, -0.05) is 18.2 Å². The van der Waals surface area contributed by atoms with E-state index in [2.05, 4.69) is 10.3 Å². The third-order valence-corrected chi connectivity index (χ3v) is 5.56. The molecule has 0 aliphatic carbocycles. The van der Waals surface area contributed by atoms with Crippen LogP contribution in [-0.4, -0.2) is 36.8 Å². The molecule has 4 rings (SSSR count). The molecule has 192 valence electrons. The second-order valence-electron chi connectivity index (χ2n) is 7.88. The number of aromatic nitrogens is 2. The molecule has 0 aliphatic heterocycles. The number of nitrogens with zero attached hydrogens (tertiary/aromatic N) is 2. The van der Waals surface area contributed by atoms with Crippen LogP contribution in [0.15, 0.2) is 65.5 Å². The van der Waals surface area contributed by atoms with Crippen LogP contribution in [0.4, 0.5) is 18.9 Å². The van der Waals surface area contributed by atoms with Crippen molar-refractivity contribution in [1.29, 1.82) is 0 Å². The van der Waals surface area contributed by atoms with Crippen LogP contribution in [0, 0.1) is 0 Å². The van der Waals surface area contributed by atoms with Crippen LogP contribution in [0.3, 0.4) is 0 Å². The number of anilines is 1. The Kier molecular flexibility index (Phi) is 7.05. The van der Waals surface area contributed by atoms with Gasteiger partial charge in [0.25, 0.3) is 5.56 Å². The van der Waals surface area contributed by atoms with E-state index in [-0.39, 0.29) is 16.9 Å². The lowest BCUT2D eigenvalue weighted by molar-refractivity contribution is -0.137. The molecule has 0 saturated heterocycles. The van der Waals surface area contributed by atoms with Crippen molar-refractivity contribution in [3.8, 4) is 28.6 Å². The molecule has 0 radical (unpaired) electrons. The van der Waals surface area contributed by atoms with Crippen LogP contribution >= 0.6 is 0 Å². The summed E-state index contributed by atoms with van der Waals surface area (Å²) in [6.07, 6.45) is -4.57. The molecule has 1 heterocycles. The number of alkyl halides is 3. The molecule has 4 aromatic rings. The van der Waals surface area contributed by atoms with Gasteiger partial charge >= 0.3 is 6.18 Å². The summed E-state index contributed by atoms with van der Waals surface area (Å²) in [6.45, 7) is -0.515. The number of carbonyl (C=O) groups is 1. The van der Waals surface area contributed by atoms with Gasteiger partial charge in [-0.05, 0) is 42.5 Å². The molecule has 11 heteroatoms. The van der Waals surface area contributed by atoms with Crippen molar-refractivity contribution in [2.45, 2.75) is 12.7 Å². The third kappa shape index (κ3) is 5.20. The summed E-state index contributed by atoms with van der Waals surface area (Å²) in [6, 6.07) is 14.0. The van der Waals surface area contributed by atoms with E-state index in [4.69, 9.17) is 14.2 Å². The number of halogens is 3. The molecule has 8 nitrogen and oxygen atoms in total. The lowest BCUT2D eigenvalue weighted by Gasteiger charge is -2.17. The van der Waals surface area contributed by atoms with E-state index in [1.807, 2.05) is 0 Å². The summed E-state index contributed by atoms with van der Waals surface area (Å²) in [5.41, 5.74) is -0.688. The first kappa shape index (κ1) is 25.5. The van der Waals surface area contributed by atoms with Crippen molar-refractivity contribution in [2.75, 3.05) is 26.6 Å². The minimum absolute atomic E-state index is 0.0593. The molecule has 0 bridgehead atoms. The van der Waals surface area contributed by atoms with Gasteiger partial charge in [0.1, 0.15) is 12.4 Å². The minimum Gasteiger partial charge on any atom is -0.493 e. The maximum atomic E-state index is 13.4. The van der Waals surface area contributed by atoms with Crippen LogP contribution in [-0.2, 0) is 17.5 Å². The van der Waals surface area contributed by atoms with Crippen molar-refractivity contribution in [2.24, 2.45) is 0 Å². The zero-order chi connectivity index (χ0) is 26.7. The number of methoxy groups -OCH3 is 3. The summed E-state index contributed by atoms with van der Waals surface area (Å²) >= 11 is 0. The molecule has 0 atom stereocenters. The number of hydrogen-bond acceptors (Lipinski definition) is 6. The van der Waals surface area contributed by atoms with Crippen molar-refractivity contribution in [3.63, 3.8) is 0 Å². The fourth-order valence-electron chi connectivity index (χ4n) is 3.86. The molecular weight excluding hydrogens is 491 g/mol. The van der Waals surface area contributed by atoms with Crippen molar-refractivity contribution in [3.05, 3.63) is 76.6 Å². The Morgan fingerprint density at radius 3 is 2.24 bits per heavy atom. The predicted molar refractivity (Wildman–Crippen MR) is 131 cm³/mol. The Bertz CT molecular complexity index is 1510. The third-order valence-electron chi connectivity index (χ3n) is 5.56. The molecule has 0 saturated carbocycles. The second-order valence-corrected chi connectivity index (χ2v) is 7.88. The van der Waals surface area contributed by atoms with Crippen LogP contribution in [0.25, 0.3) is 22.3 Å². The zero-order valence-electron chi connectivity index (χ0n) is 20.1. The fourth-order valence-corrected chi connectivity index (χ4v) is 3.86. The Morgan fingerprint density at radius 1 is 0.946 bits per heavy atom. The van der Waals surface area contributed by atoms with Crippen molar-refractivity contribution in [1.82, 2.24) is 9.55 Å². The van der Waals surface area contributed by atoms with E-state index in [0.717, 1.165) is 16.7 Å². The molecule has 37 heavy (non-hydrogen) atoms. The van der Waals surface area contributed by atoms with Gasteiger partial charge < -0.3 is 19.5 Å². The largest absolute Gasteiger partial charge is 0.493 e. The lowest BCUT2D eigenvalue weighted by atomic mass is 10.1. The van der Waals surface area contributed by atoms with Gasteiger partial charge in [0, 0.05) is 11.3 Å². The molecule has 1 aromatic heterocycles. The normalized spacial score (nSPS) is 11.3. The van der Waals surface area contributed by atoms with Gasteiger partial charge in [-0.15, -0.1) is 0 Å². The average Bonchev–Trinajstić information content (AvgIpc) is 2.89. The number of ether oxygens (including phenoxy) is 3. The highest BCUT2D eigenvalue weighted by molar-refractivity contribution is 5.91. The number of benzene rings is 3. The minimum atomic E-state index is -4.57. The SMILES string of the molecule is COc1cc(-c2nc3ccccc3c(=O)n2CC(=O)Nc2cccc(C(F)(F)F)c2)cc(OC)c1OC. The standard InChI is InChI=1S/C26H22F3N3O5/c1-35-20-11-15(12-21(36-2)23(20)37-3)24-31-19-10-5-4-9-18(19)25(34)32(24)14-22(33)30-17-8-6-7-16(13-17)26(27,28)29/h4-13H,14H2,1-3H3,(H,30,33).